The molecule has 1 aliphatic carbocycles. The summed E-state index contributed by atoms with van der Waals surface area (Å²) in [7, 11) is 3.17. The predicted molar refractivity (Wildman–Crippen MR) is 101 cm³/mol. The van der Waals surface area contributed by atoms with Crippen molar-refractivity contribution in [1.82, 2.24) is 4.98 Å². The standard InChI is InChI=1S/C19H22N2O3S/c1-23-15-9-6-7-13(18(15)24-2)11-12-17(22)21-19-20-14-8-4-3-5-10-16(14)25-19/h6-7,9,11-12H,3-5,8,10H2,1-2H3,(H,20,21,22)/b12-11+. The third-order valence-electron chi connectivity index (χ3n) is 4.17. The number of amides is 1. The Morgan fingerprint density at radius 1 is 1.20 bits per heavy atom. The van der Waals surface area contributed by atoms with Crippen LogP contribution in [0, 0.1) is 0 Å². The van der Waals surface area contributed by atoms with Gasteiger partial charge in [-0.2, -0.15) is 0 Å². The van der Waals surface area contributed by atoms with Crippen molar-refractivity contribution in [2.45, 2.75) is 32.1 Å². The van der Waals surface area contributed by atoms with Gasteiger partial charge in [0.15, 0.2) is 16.6 Å². The molecule has 1 amide bonds. The Morgan fingerprint density at radius 3 is 2.84 bits per heavy atom. The highest BCUT2D eigenvalue weighted by molar-refractivity contribution is 7.15. The molecule has 2 aromatic rings. The topological polar surface area (TPSA) is 60.5 Å². The van der Waals surface area contributed by atoms with Gasteiger partial charge in [0.05, 0.1) is 19.9 Å². The molecule has 1 aromatic carbocycles. The Kier molecular flexibility index (Phi) is 5.71. The van der Waals surface area contributed by atoms with Gasteiger partial charge in [-0.05, 0) is 37.8 Å². The SMILES string of the molecule is COc1cccc(/C=C/C(=O)Nc2nc3c(s2)CCCCC3)c1OC. The molecule has 0 aliphatic heterocycles. The maximum Gasteiger partial charge on any atom is 0.250 e. The molecule has 0 saturated carbocycles. The summed E-state index contributed by atoms with van der Waals surface area (Å²) in [5.74, 6) is 1.04. The first kappa shape index (κ1) is 17.5. The molecule has 0 bridgehead atoms. The molecule has 25 heavy (non-hydrogen) atoms. The van der Waals surface area contributed by atoms with E-state index in [2.05, 4.69) is 10.3 Å². The van der Waals surface area contributed by atoms with Gasteiger partial charge in [0, 0.05) is 16.5 Å². The minimum Gasteiger partial charge on any atom is -0.493 e. The van der Waals surface area contributed by atoms with Crippen LogP contribution in [0.3, 0.4) is 0 Å². The van der Waals surface area contributed by atoms with E-state index in [1.165, 1.54) is 30.2 Å². The summed E-state index contributed by atoms with van der Waals surface area (Å²) >= 11 is 1.59. The molecule has 0 unspecified atom stereocenters. The number of thiazole rings is 1. The number of carbonyl (C=O) groups excluding carboxylic acids is 1. The first-order valence-corrected chi connectivity index (χ1v) is 9.21. The van der Waals surface area contributed by atoms with Crippen LogP contribution in [0.2, 0.25) is 0 Å². The first-order chi connectivity index (χ1) is 12.2. The largest absolute Gasteiger partial charge is 0.493 e. The van der Waals surface area contributed by atoms with Crippen LogP contribution < -0.4 is 14.8 Å². The summed E-state index contributed by atoms with van der Waals surface area (Å²) in [5.41, 5.74) is 1.93. The molecule has 0 spiro atoms. The van der Waals surface area contributed by atoms with Crippen molar-refractivity contribution in [3.63, 3.8) is 0 Å². The molecule has 1 heterocycles. The van der Waals surface area contributed by atoms with E-state index in [0.29, 0.717) is 16.6 Å². The van der Waals surface area contributed by atoms with Crippen LogP contribution in [0.1, 0.15) is 35.4 Å². The van der Waals surface area contributed by atoms with Gasteiger partial charge in [0.2, 0.25) is 5.91 Å². The average molecular weight is 358 g/mol. The molecule has 1 aliphatic rings. The van der Waals surface area contributed by atoms with Gasteiger partial charge >= 0.3 is 0 Å². The maximum absolute atomic E-state index is 12.2. The third kappa shape index (κ3) is 4.20. The third-order valence-corrected chi connectivity index (χ3v) is 5.25. The van der Waals surface area contributed by atoms with Gasteiger partial charge in [-0.15, -0.1) is 11.3 Å². The van der Waals surface area contributed by atoms with Crippen molar-refractivity contribution < 1.29 is 14.3 Å². The normalized spacial score (nSPS) is 14.0. The summed E-state index contributed by atoms with van der Waals surface area (Å²) in [4.78, 5) is 18.1. The maximum atomic E-state index is 12.2. The van der Waals surface area contributed by atoms with Crippen LogP contribution in [-0.2, 0) is 17.6 Å². The van der Waals surface area contributed by atoms with Crippen molar-refractivity contribution >= 4 is 28.5 Å². The lowest BCUT2D eigenvalue weighted by Gasteiger charge is -2.09. The number of fused-ring (bicyclic) bond motifs is 1. The van der Waals surface area contributed by atoms with E-state index < -0.39 is 0 Å². The second-order valence-electron chi connectivity index (χ2n) is 5.85. The molecule has 5 nitrogen and oxygen atoms in total. The summed E-state index contributed by atoms with van der Waals surface area (Å²) in [6.45, 7) is 0. The van der Waals surface area contributed by atoms with Crippen LogP contribution in [0.4, 0.5) is 5.13 Å². The van der Waals surface area contributed by atoms with Crippen LogP contribution >= 0.6 is 11.3 Å². The van der Waals surface area contributed by atoms with E-state index in [-0.39, 0.29) is 5.91 Å². The summed E-state index contributed by atoms with van der Waals surface area (Å²) in [5, 5.41) is 3.55. The quantitative estimate of drug-likeness (QED) is 0.646. The number of aryl methyl sites for hydroxylation is 2. The number of hydrogen-bond acceptors (Lipinski definition) is 5. The molecule has 6 heteroatoms. The number of benzene rings is 1. The Bertz CT molecular complexity index is 759. The number of nitrogens with one attached hydrogen (secondary N) is 1. The fraction of sp³-hybridized carbons (Fsp3) is 0.368. The fourth-order valence-electron chi connectivity index (χ4n) is 2.94. The van der Waals surface area contributed by atoms with Crippen LogP contribution in [0.5, 0.6) is 11.5 Å². The molecule has 0 radical (unpaired) electrons. The van der Waals surface area contributed by atoms with Crippen LogP contribution in [-0.4, -0.2) is 25.1 Å². The fourth-order valence-corrected chi connectivity index (χ4v) is 3.99. The van der Waals surface area contributed by atoms with Gasteiger partial charge in [0.1, 0.15) is 0 Å². The van der Waals surface area contributed by atoms with Gasteiger partial charge in [-0.3, -0.25) is 10.1 Å². The Morgan fingerprint density at radius 2 is 2.04 bits per heavy atom. The first-order valence-electron chi connectivity index (χ1n) is 8.40. The molecule has 1 N–H and O–H groups in total. The number of para-hydroxylation sites is 1. The van der Waals surface area contributed by atoms with Crippen molar-refractivity contribution in [1.29, 1.82) is 0 Å². The second-order valence-corrected chi connectivity index (χ2v) is 6.94. The zero-order valence-electron chi connectivity index (χ0n) is 14.5. The van der Waals surface area contributed by atoms with E-state index in [1.807, 2.05) is 18.2 Å². The van der Waals surface area contributed by atoms with Gasteiger partial charge in [-0.25, -0.2) is 4.98 Å². The monoisotopic (exact) mass is 358 g/mol. The number of carbonyl (C=O) groups is 1. The van der Waals surface area contributed by atoms with Crippen LogP contribution in [0.15, 0.2) is 24.3 Å². The van der Waals surface area contributed by atoms with Crippen molar-refractivity contribution in [3.05, 3.63) is 40.4 Å². The predicted octanol–water partition coefficient (Wildman–Crippen LogP) is 4.08. The van der Waals surface area contributed by atoms with Crippen molar-refractivity contribution in [2.75, 3.05) is 19.5 Å². The highest BCUT2D eigenvalue weighted by Crippen LogP contribution is 2.32. The molecule has 3 rings (SSSR count). The smallest absolute Gasteiger partial charge is 0.250 e. The zero-order chi connectivity index (χ0) is 17.6. The lowest BCUT2D eigenvalue weighted by Crippen LogP contribution is -2.07. The molecule has 0 atom stereocenters. The van der Waals surface area contributed by atoms with Crippen molar-refractivity contribution in [3.8, 4) is 11.5 Å². The summed E-state index contributed by atoms with van der Waals surface area (Å²) in [6.07, 6.45) is 8.94. The summed E-state index contributed by atoms with van der Waals surface area (Å²) < 4.78 is 10.6. The average Bonchev–Trinajstić information content (AvgIpc) is 2.87. The minimum atomic E-state index is -0.200. The number of rotatable bonds is 5. The van der Waals surface area contributed by atoms with E-state index in [1.54, 1.807) is 31.6 Å². The molecule has 0 saturated heterocycles. The van der Waals surface area contributed by atoms with Gasteiger partial charge in [-0.1, -0.05) is 18.6 Å². The van der Waals surface area contributed by atoms with E-state index >= 15 is 0 Å². The van der Waals surface area contributed by atoms with E-state index in [0.717, 1.165) is 24.1 Å². The van der Waals surface area contributed by atoms with E-state index in [4.69, 9.17) is 9.47 Å². The number of anilines is 1. The lowest BCUT2D eigenvalue weighted by atomic mass is 10.1. The van der Waals surface area contributed by atoms with Crippen LogP contribution in [0.25, 0.3) is 6.08 Å². The highest BCUT2D eigenvalue weighted by atomic mass is 32.1. The molecule has 0 fully saturated rings. The summed E-state index contributed by atoms with van der Waals surface area (Å²) in [6, 6.07) is 5.55. The van der Waals surface area contributed by atoms with Gasteiger partial charge < -0.3 is 9.47 Å². The van der Waals surface area contributed by atoms with Crippen molar-refractivity contribution in [2.24, 2.45) is 0 Å². The highest BCUT2D eigenvalue weighted by Gasteiger charge is 2.15. The Balaban J connectivity index is 1.70. The van der Waals surface area contributed by atoms with E-state index in [9.17, 15) is 4.79 Å². The number of aromatic nitrogens is 1. The number of ether oxygens (including phenoxy) is 2. The van der Waals surface area contributed by atoms with Gasteiger partial charge in [0.25, 0.3) is 0 Å². The number of nitrogens with zero attached hydrogens (tertiary/aromatic N) is 1. The number of hydrogen-bond donors (Lipinski definition) is 1. The second kappa shape index (κ2) is 8.16. The molecular formula is C19H22N2O3S. The Hall–Kier alpha value is -2.34. The molecular weight excluding hydrogens is 336 g/mol. The zero-order valence-corrected chi connectivity index (χ0v) is 15.3. The molecule has 132 valence electrons. The minimum absolute atomic E-state index is 0.200. The molecule has 1 aromatic heterocycles. The number of methoxy groups -OCH3 is 2. The lowest BCUT2D eigenvalue weighted by molar-refractivity contribution is -0.111. The Labute approximate surface area is 151 Å².